The van der Waals surface area contributed by atoms with Crippen molar-refractivity contribution in [2.24, 2.45) is 5.73 Å². The Kier molecular flexibility index (Phi) is 4.59. The van der Waals surface area contributed by atoms with Crippen molar-refractivity contribution in [1.82, 2.24) is 9.78 Å². The van der Waals surface area contributed by atoms with E-state index < -0.39 is 15.8 Å². The van der Waals surface area contributed by atoms with E-state index in [0.29, 0.717) is 19.5 Å². The fourth-order valence-corrected chi connectivity index (χ4v) is 3.01. The average molecular weight is 312 g/mol. The number of benzene rings is 1. The molecular formula is C13H17FN4O2S. The number of halogens is 1. The Morgan fingerprint density at radius 1 is 1.38 bits per heavy atom. The summed E-state index contributed by atoms with van der Waals surface area (Å²) in [5.74, 6) is -0.598. The number of nitrogens with two attached hydrogens (primary N) is 1. The van der Waals surface area contributed by atoms with E-state index in [2.05, 4.69) is 5.10 Å². The first-order valence-electron chi connectivity index (χ1n) is 6.43. The van der Waals surface area contributed by atoms with Crippen molar-refractivity contribution in [2.75, 3.05) is 17.9 Å². The van der Waals surface area contributed by atoms with Crippen molar-refractivity contribution < 1.29 is 12.8 Å². The van der Waals surface area contributed by atoms with Gasteiger partial charge in [0, 0.05) is 19.8 Å². The van der Waals surface area contributed by atoms with Gasteiger partial charge in [0.1, 0.15) is 10.7 Å². The molecule has 1 aromatic heterocycles. The summed E-state index contributed by atoms with van der Waals surface area (Å²) in [7, 11) is -2.53. The van der Waals surface area contributed by atoms with Crippen LogP contribution < -0.4 is 10.0 Å². The molecule has 2 aromatic rings. The number of hydrogen-bond donors (Lipinski definition) is 1. The third kappa shape index (κ3) is 3.22. The Hall–Kier alpha value is -1.93. The van der Waals surface area contributed by atoms with Crippen molar-refractivity contribution in [1.29, 1.82) is 0 Å². The molecule has 0 unspecified atom stereocenters. The van der Waals surface area contributed by atoms with Crippen LogP contribution in [0.25, 0.3) is 0 Å². The SMILES string of the molecule is CN(c1ccccc1F)S(=O)(=O)c1cnn(CCCN)c1. The lowest BCUT2D eigenvalue weighted by molar-refractivity contribution is 0.580. The van der Waals surface area contributed by atoms with Crippen LogP contribution in [0.1, 0.15) is 6.42 Å². The number of aromatic nitrogens is 2. The number of sulfonamides is 1. The van der Waals surface area contributed by atoms with Gasteiger partial charge in [-0.2, -0.15) is 5.10 Å². The summed E-state index contributed by atoms with van der Waals surface area (Å²) in [4.78, 5) is 0.0188. The molecule has 0 atom stereocenters. The van der Waals surface area contributed by atoms with Gasteiger partial charge in [-0.05, 0) is 25.1 Å². The molecule has 1 aromatic carbocycles. The second-order valence-corrected chi connectivity index (χ2v) is 6.47. The summed E-state index contributed by atoms with van der Waals surface area (Å²) in [5, 5.41) is 3.98. The molecule has 0 aliphatic carbocycles. The average Bonchev–Trinajstić information content (AvgIpc) is 2.94. The molecule has 6 nitrogen and oxygen atoms in total. The van der Waals surface area contributed by atoms with Crippen LogP contribution >= 0.6 is 0 Å². The van der Waals surface area contributed by atoms with Crippen LogP contribution in [-0.2, 0) is 16.6 Å². The molecule has 1 heterocycles. The lowest BCUT2D eigenvalue weighted by Crippen LogP contribution is -2.27. The molecule has 2 rings (SSSR count). The monoisotopic (exact) mass is 312 g/mol. The minimum atomic E-state index is -3.84. The van der Waals surface area contributed by atoms with Crippen LogP contribution in [0.2, 0.25) is 0 Å². The number of hydrogen-bond acceptors (Lipinski definition) is 4. The molecule has 0 spiro atoms. The summed E-state index contributed by atoms with van der Waals surface area (Å²) in [5.41, 5.74) is 5.39. The summed E-state index contributed by atoms with van der Waals surface area (Å²) in [6.45, 7) is 1.03. The maximum Gasteiger partial charge on any atom is 0.267 e. The van der Waals surface area contributed by atoms with E-state index in [0.717, 1.165) is 4.31 Å². The van der Waals surface area contributed by atoms with Gasteiger partial charge in [-0.3, -0.25) is 8.99 Å². The summed E-state index contributed by atoms with van der Waals surface area (Å²) >= 11 is 0. The molecule has 0 aliphatic heterocycles. The first-order valence-corrected chi connectivity index (χ1v) is 7.87. The zero-order chi connectivity index (χ0) is 15.5. The van der Waals surface area contributed by atoms with Gasteiger partial charge in [0.25, 0.3) is 10.0 Å². The number of para-hydroxylation sites is 1. The second kappa shape index (κ2) is 6.23. The molecule has 0 radical (unpaired) electrons. The zero-order valence-electron chi connectivity index (χ0n) is 11.6. The van der Waals surface area contributed by atoms with E-state index in [-0.39, 0.29) is 10.6 Å². The topological polar surface area (TPSA) is 81.2 Å². The van der Waals surface area contributed by atoms with Crippen molar-refractivity contribution in [3.63, 3.8) is 0 Å². The molecule has 0 amide bonds. The van der Waals surface area contributed by atoms with Crippen LogP contribution in [0.5, 0.6) is 0 Å². The minimum absolute atomic E-state index is 0.00721. The minimum Gasteiger partial charge on any atom is -0.330 e. The second-order valence-electron chi connectivity index (χ2n) is 4.51. The maximum absolute atomic E-state index is 13.7. The normalized spacial score (nSPS) is 11.6. The fourth-order valence-electron chi connectivity index (χ4n) is 1.85. The Morgan fingerprint density at radius 3 is 2.76 bits per heavy atom. The van der Waals surface area contributed by atoms with Gasteiger partial charge in [-0.1, -0.05) is 12.1 Å². The molecule has 114 valence electrons. The Morgan fingerprint density at radius 2 is 2.10 bits per heavy atom. The molecule has 0 bridgehead atoms. The van der Waals surface area contributed by atoms with Gasteiger partial charge >= 0.3 is 0 Å². The highest BCUT2D eigenvalue weighted by atomic mass is 32.2. The van der Waals surface area contributed by atoms with Crippen LogP contribution in [0, 0.1) is 5.82 Å². The van der Waals surface area contributed by atoms with E-state index in [4.69, 9.17) is 5.73 Å². The highest BCUT2D eigenvalue weighted by molar-refractivity contribution is 7.92. The van der Waals surface area contributed by atoms with Crippen molar-refractivity contribution in [3.8, 4) is 0 Å². The summed E-state index contributed by atoms with van der Waals surface area (Å²) in [6, 6.07) is 5.71. The Balaban J connectivity index is 2.29. The van der Waals surface area contributed by atoms with Gasteiger partial charge in [-0.15, -0.1) is 0 Å². The quantitative estimate of drug-likeness (QED) is 0.869. The van der Waals surface area contributed by atoms with E-state index >= 15 is 0 Å². The smallest absolute Gasteiger partial charge is 0.267 e. The first kappa shape index (κ1) is 15.5. The molecule has 8 heteroatoms. The molecule has 0 aliphatic rings. The lowest BCUT2D eigenvalue weighted by atomic mass is 10.3. The number of aryl methyl sites for hydroxylation is 1. The van der Waals surface area contributed by atoms with Crippen molar-refractivity contribution in [3.05, 3.63) is 42.5 Å². The summed E-state index contributed by atoms with van der Waals surface area (Å²) in [6.07, 6.45) is 3.37. The molecule has 2 N–H and O–H groups in total. The fraction of sp³-hybridized carbons (Fsp3) is 0.308. The maximum atomic E-state index is 13.7. The molecular weight excluding hydrogens is 295 g/mol. The largest absolute Gasteiger partial charge is 0.330 e. The summed E-state index contributed by atoms with van der Waals surface area (Å²) < 4.78 is 41.0. The van der Waals surface area contributed by atoms with E-state index in [9.17, 15) is 12.8 Å². The van der Waals surface area contributed by atoms with E-state index in [1.165, 1.54) is 42.3 Å². The number of anilines is 1. The Labute approximate surface area is 123 Å². The number of rotatable bonds is 6. The van der Waals surface area contributed by atoms with Gasteiger partial charge in [-0.25, -0.2) is 12.8 Å². The predicted octanol–water partition coefficient (Wildman–Crippen LogP) is 1.20. The van der Waals surface area contributed by atoms with Gasteiger partial charge in [0.15, 0.2) is 0 Å². The highest BCUT2D eigenvalue weighted by Crippen LogP contribution is 2.24. The van der Waals surface area contributed by atoms with Crippen LogP contribution in [0.3, 0.4) is 0 Å². The third-order valence-electron chi connectivity index (χ3n) is 3.05. The van der Waals surface area contributed by atoms with Crippen LogP contribution in [0.4, 0.5) is 10.1 Å². The predicted molar refractivity (Wildman–Crippen MR) is 77.9 cm³/mol. The highest BCUT2D eigenvalue weighted by Gasteiger charge is 2.24. The van der Waals surface area contributed by atoms with E-state index in [1.807, 2.05) is 0 Å². The molecule has 0 fully saturated rings. The van der Waals surface area contributed by atoms with Crippen LogP contribution in [0.15, 0.2) is 41.6 Å². The number of nitrogens with zero attached hydrogens (tertiary/aromatic N) is 3. The molecule has 0 saturated carbocycles. The van der Waals surface area contributed by atoms with E-state index in [1.54, 1.807) is 6.07 Å². The standard InChI is InChI=1S/C13H17FN4O2S/c1-17(13-6-3-2-5-12(13)14)21(19,20)11-9-16-18(10-11)8-4-7-15/h2-3,5-6,9-10H,4,7-8,15H2,1H3. The third-order valence-corrected chi connectivity index (χ3v) is 4.78. The molecule has 0 saturated heterocycles. The van der Waals surface area contributed by atoms with Crippen molar-refractivity contribution in [2.45, 2.75) is 17.9 Å². The van der Waals surface area contributed by atoms with Gasteiger partial charge in [0.05, 0.1) is 11.9 Å². The Bertz CT molecular complexity index is 714. The zero-order valence-corrected chi connectivity index (χ0v) is 12.4. The van der Waals surface area contributed by atoms with Gasteiger partial charge < -0.3 is 5.73 Å². The van der Waals surface area contributed by atoms with Gasteiger partial charge in [0.2, 0.25) is 0 Å². The first-order chi connectivity index (χ1) is 9.96. The van der Waals surface area contributed by atoms with Crippen molar-refractivity contribution >= 4 is 15.7 Å². The molecule has 21 heavy (non-hydrogen) atoms. The lowest BCUT2D eigenvalue weighted by Gasteiger charge is -2.18. The van der Waals surface area contributed by atoms with Crippen LogP contribution in [-0.4, -0.2) is 31.8 Å².